The van der Waals surface area contributed by atoms with E-state index in [1.54, 1.807) is 0 Å². The number of aromatic nitrogens is 3. The fourth-order valence-electron chi connectivity index (χ4n) is 3.58. The zero-order valence-corrected chi connectivity index (χ0v) is 18.4. The summed E-state index contributed by atoms with van der Waals surface area (Å²) in [6.45, 7) is 6.31. The van der Waals surface area contributed by atoms with Crippen LogP contribution in [0.1, 0.15) is 49.3 Å². The normalized spacial score (nSPS) is 17.8. The summed E-state index contributed by atoms with van der Waals surface area (Å²) >= 11 is 1.46. The number of thioether (sulfide) groups is 1. The average molecular weight is 422 g/mol. The molecule has 1 aliphatic heterocycles. The van der Waals surface area contributed by atoms with Gasteiger partial charge in [0, 0.05) is 12.1 Å². The smallest absolute Gasteiger partial charge is 0.240 e. The zero-order chi connectivity index (χ0) is 21.1. The van der Waals surface area contributed by atoms with Crippen molar-refractivity contribution in [2.24, 2.45) is 0 Å². The molecule has 6 nitrogen and oxygen atoms in total. The van der Waals surface area contributed by atoms with Crippen LogP contribution in [0.15, 0.2) is 53.7 Å². The van der Waals surface area contributed by atoms with E-state index in [4.69, 9.17) is 0 Å². The van der Waals surface area contributed by atoms with Crippen LogP contribution in [0.4, 0.5) is 5.69 Å². The molecule has 0 aliphatic carbocycles. The molecule has 1 aliphatic rings. The van der Waals surface area contributed by atoms with Gasteiger partial charge in [-0.1, -0.05) is 68.9 Å². The number of rotatable bonds is 6. The van der Waals surface area contributed by atoms with Crippen LogP contribution in [0, 0.1) is 0 Å². The highest BCUT2D eigenvalue weighted by Gasteiger charge is 2.37. The van der Waals surface area contributed by atoms with E-state index in [9.17, 15) is 4.79 Å². The van der Waals surface area contributed by atoms with Gasteiger partial charge in [-0.2, -0.15) is 0 Å². The third-order valence-corrected chi connectivity index (χ3v) is 6.67. The molecule has 3 aromatic rings. The number of hydrogen-bond donors (Lipinski definition) is 2. The van der Waals surface area contributed by atoms with Crippen molar-refractivity contribution in [3.05, 3.63) is 71.0 Å². The fraction of sp³-hybridized carbons (Fsp3) is 0.348. The summed E-state index contributed by atoms with van der Waals surface area (Å²) in [5, 5.41) is 12.0. The number of anilines is 1. The molecule has 0 fully saturated rings. The van der Waals surface area contributed by atoms with Crippen LogP contribution in [0.3, 0.4) is 0 Å². The maximum absolute atomic E-state index is 13.3. The second-order valence-electron chi connectivity index (χ2n) is 7.37. The molecule has 0 spiro atoms. The quantitative estimate of drug-likeness (QED) is 0.619. The Labute approximate surface area is 181 Å². The lowest BCUT2D eigenvalue weighted by atomic mass is 10.0. The molecule has 2 atom stereocenters. The lowest BCUT2D eigenvalue weighted by Gasteiger charge is -2.33. The Balaban J connectivity index is 1.63. The Bertz CT molecular complexity index is 1010. The molecule has 0 saturated heterocycles. The fourth-order valence-corrected chi connectivity index (χ4v) is 4.67. The van der Waals surface area contributed by atoms with Crippen LogP contribution in [-0.4, -0.2) is 26.0 Å². The van der Waals surface area contributed by atoms with E-state index in [0.717, 1.165) is 41.5 Å². The molecule has 1 amide bonds. The molecule has 2 N–H and O–H groups in total. The molecule has 0 radical (unpaired) electrons. The van der Waals surface area contributed by atoms with Gasteiger partial charge in [-0.05, 0) is 41.7 Å². The van der Waals surface area contributed by atoms with Crippen molar-refractivity contribution < 1.29 is 4.79 Å². The van der Waals surface area contributed by atoms with Crippen LogP contribution >= 0.6 is 11.8 Å². The van der Waals surface area contributed by atoms with Crippen LogP contribution in [0.25, 0.3) is 0 Å². The number of nitrogens with zero attached hydrogens (tertiary/aromatic N) is 3. The minimum absolute atomic E-state index is 0.0476. The summed E-state index contributed by atoms with van der Waals surface area (Å²) in [4.78, 5) is 13.3. The third-order valence-electron chi connectivity index (χ3n) is 5.46. The van der Waals surface area contributed by atoms with Crippen molar-refractivity contribution in [1.82, 2.24) is 14.9 Å². The minimum Gasteiger partial charge on any atom is -0.325 e. The maximum atomic E-state index is 13.3. The first kappa shape index (κ1) is 20.5. The third kappa shape index (κ3) is 4.07. The van der Waals surface area contributed by atoms with Crippen molar-refractivity contribution in [1.29, 1.82) is 0 Å². The molecule has 2 aromatic carbocycles. The first-order valence-electron chi connectivity index (χ1n) is 10.5. The maximum Gasteiger partial charge on any atom is 0.240 e. The van der Waals surface area contributed by atoms with E-state index in [1.807, 2.05) is 35.9 Å². The number of fused-ring (bicyclic) bond motifs is 1. The standard InChI is InChI=1S/C23H27N5OS/c1-4-15-7-11-17(12-8-15)20-21(30-23-26-25-19(6-3)28(23)27-20)22(29)24-18-13-9-16(5-2)10-14-18/h7-14,20-21,27H,4-6H2,1-3H3,(H,24,29). The van der Waals surface area contributed by atoms with Gasteiger partial charge in [0.05, 0.1) is 6.04 Å². The Morgan fingerprint density at radius 1 is 0.967 bits per heavy atom. The number of hydrogen-bond acceptors (Lipinski definition) is 5. The van der Waals surface area contributed by atoms with Crippen LogP contribution in [0.2, 0.25) is 0 Å². The predicted molar refractivity (Wildman–Crippen MR) is 121 cm³/mol. The molecule has 0 bridgehead atoms. The van der Waals surface area contributed by atoms with Crippen molar-refractivity contribution in [3.8, 4) is 0 Å². The lowest BCUT2D eigenvalue weighted by Crippen LogP contribution is -2.41. The number of nitrogens with one attached hydrogen (secondary N) is 2. The Morgan fingerprint density at radius 3 is 2.20 bits per heavy atom. The van der Waals surface area contributed by atoms with Crippen LogP contribution in [-0.2, 0) is 24.1 Å². The summed E-state index contributed by atoms with van der Waals surface area (Å²) < 4.78 is 1.92. The molecular weight excluding hydrogens is 394 g/mol. The Morgan fingerprint density at radius 2 is 1.60 bits per heavy atom. The minimum atomic E-state index is -0.371. The zero-order valence-electron chi connectivity index (χ0n) is 17.6. The first-order chi connectivity index (χ1) is 14.6. The molecule has 7 heteroatoms. The number of carbonyl (C=O) groups excluding carboxylic acids is 1. The summed E-state index contributed by atoms with van der Waals surface area (Å²) in [5.41, 5.74) is 7.89. The van der Waals surface area contributed by atoms with E-state index < -0.39 is 0 Å². The molecule has 4 rings (SSSR count). The predicted octanol–water partition coefficient (Wildman–Crippen LogP) is 4.36. The van der Waals surface area contributed by atoms with Gasteiger partial charge < -0.3 is 10.7 Å². The van der Waals surface area contributed by atoms with E-state index >= 15 is 0 Å². The highest BCUT2D eigenvalue weighted by Crippen LogP contribution is 2.37. The monoisotopic (exact) mass is 421 g/mol. The van der Waals surface area contributed by atoms with Crippen molar-refractivity contribution in [2.45, 2.75) is 56.5 Å². The number of amides is 1. The Hall–Kier alpha value is -2.80. The van der Waals surface area contributed by atoms with E-state index in [0.29, 0.717) is 0 Å². The van der Waals surface area contributed by atoms with E-state index in [2.05, 4.69) is 59.1 Å². The highest BCUT2D eigenvalue weighted by atomic mass is 32.2. The largest absolute Gasteiger partial charge is 0.325 e. The van der Waals surface area contributed by atoms with Gasteiger partial charge in [-0.3, -0.25) is 4.79 Å². The molecule has 30 heavy (non-hydrogen) atoms. The number of aryl methyl sites for hydroxylation is 3. The number of carbonyl (C=O) groups is 1. The highest BCUT2D eigenvalue weighted by molar-refractivity contribution is 8.00. The summed E-state index contributed by atoms with van der Waals surface area (Å²) in [7, 11) is 0. The Kier molecular flexibility index (Phi) is 6.08. The lowest BCUT2D eigenvalue weighted by molar-refractivity contribution is -0.116. The molecule has 156 valence electrons. The van der Waals surface area contributed by atoms with Gasteiger partial charge >= 0.3 is 0 Å². The first-order valence-corrected chi connectivity index (χ1v) is 11.4. The van der Waals surface area contributed by atoms with Gasteiger partial charge in [0.15, 0.2) is 5.82 Å². The average Bonchev–Trinajstić information content (AvgIpc) is 3.21. The van der Waals surface area contributed by atoms with Crippen molar-refractivity contribution >= 4 is 23.4 Å². The van der Waals surface area contributed by atoms with Gasteiger partial charge in [0.25, 0.3) is 0 Å². The van der Waals surface area contributed by atoms with Crippen molar-refractivity contribution in [2.75, 3.05) is 10.7 Å². The number of benzene rings is 2. The summed E-state index contributed by atoms with van der Waals surface area (Å²) in [6, 6.07) is 16.3. The van der Waals surface area contributed by atoms with Crippen LogP contribution in [0.5, 0.6) is 0 Å². The molecule has 1 aromatic heterocycles. The SMILES string of the molecule is CCc1ccc(NC(=O)C2Sc3nnc(CC)n3NC2c2ccc(CC)cc2)cc1. The summed E-state index contributed by atoms with van der Waals surface area (Å²) in [6.07, 6.45) is 2.73. The van der Waals surface area contributed by atoms with Crippen molar-refractivity contribution in [3.63, 3.8) is 0 Å². The van der Waals surface area contributed by atoms with Gasteiger partial charge in [-0.25, -0.2) is 4.68 Å². The molecule has 0 saturated carbocycles. The molecule has 2 heterocycles. The van der Waals surface area contributed by atoms with Crippen LogP contribution < -0.4 is 10.7 Å². The second-order valence-corrected chi connectivity index (χ2v) is 8.48. The van der Waals surface area contributed by atoms with Gasteiger partial charge in [0.1, 0.15) is 5.25 Å². The second kappa shape index (κ2) is 8.92. The van der Waals surface area contributed by atoms with Gasteiger partial charge in [-0.15, -0.1) is 10.2 Å². The van der Waals surface area contributed by atoms with E-state index in [-0.39, 0.29) is 17.2 Å². The topological polar surface area (TPSA) is 71.8 Å². The molecule has 2 unspecified atom stereocenters. The van der Waals surface area contributed by atoms with E-state index in [1.165, 1.54) is 22.9 Å². The molecular formula is C23H27N5OS. The summed E-state index contributed by atoms with van der Waals surface area (Å²) in [5.74, 6) is 0.815. The van der Waals surface area contributed by atoms with Gasteiger partial charge in [0.2, 0.25) is 11.1 Å².